The molecule has 5 aliphatic carbocycles. The molecule has 1 nitrogen and oxygen atoms in total. The van der Waals surface area contributed by atoms with Gasteiger partial charge >= 0.3 is 44.8 Å². The monoisotopic (exact) mass is 737 g/mol. The van der Waals surface area contributed by atoms with E-state index in [1.165, 1.54) is 41.8 Å². The molecule has 0 bridgehead atoms. The van der Waals surface area contributed by atoms with Crippen LogP contribution in [0.1, 0.15) is 109 Å². The average Bonchev–Trinajstić information content (AvgIpc) is 3.80. The number of hydrogen-bond donors (Lipinski definition) is 0. The van der Waals surface area contributed by atoms with Crippen molar-refractivity contribution in [1.29, 1.82) is 0 Å². The van der Waals surface area contributed by atoms with Crippen molar-refractivity contribution in [3.05, 3.63) is 93.5 Å². The molecule has 0 unspecified atom stereocenters. The van der Waals surface area contributed by atoms with Crippen LogP contribution < -0.4 is 0 Å². The summed E-state index contributed by atoms with van der Waals surface area (Å²) in [5.41, 5.74) is 6.82. The van der Waals surface area contributed by atoms with Crippen LogP contribution in [-0.4, -0.2) is 22.7 Å². The second-order valence-corrected chi connectivity index (χ2v) is 15.0. The molecule has 1 aromatic rings. The van der Waals surface area contributed by atoms with Gasteiger partial charge in [0.15, 0.2) is 0 Å². The third-order valence-corrected chi connectivity index (χ3v) is 12.9. The first-order valence-corrected chi connectivity index (χ1v) is 19.6. The van der Waals surface area contributed by atoms with E-state index in [4.69, 9.17) is 0 Å². The summed E-state index contributed by atoms with van der Waals surface area (Å²) in [5.74, 6) is 1.07. The summed E-state index contributed by atoms with van der Waals surface area (Å²) < 4.78 is 0. The molecule has 0 aromatic heterocycles. The molecular formula is C37H51ClFeNPPd+2. The Morgan fingerprint density at radius 2 is 1.10 bits per heavy atom. The minimum Gasteiger partial charge on any atom is 2.00 e. The molecule has 0 atom stereocenters. The van der Waals surface area contributed by atoms with Gasteiger partial charge in [-0.2, -0.15) is 5.92 Å². The first-order chi connectivity index (χ1) is 20.2. The van der Waals surface area contributed by atoms with E-state index in [-0.39, 0.29) is 17.1 Å². The van der Waals surface area contributed by atoms with Crippen molar-refractivity contribution >= 4 is 28.8 Å². The van der Waals surface area contributed by atoms with Crippen molar-refractivity contribution in [2.24, 2.45) is 4.99 Å². The van der Waals surface area contributed by atoms with Crippen molar-refractivity contribution in [3.63, 3.8) is 0 Å². The Labute approximate surface area is 288 Å². The van der Waals surface area contributed by atoms with Crippen molar-refractivity contribution in [1.82, 2.24) is 0 Å². The third-order valence-electron chi connectivity index (χ3n) is 8.86. The van der Waals surface area contributed by atoms with Crippen molar-refractivity contribution in [3.8, 4) is 0 Å². The molecule has 42 heavy (non-hydrogen) atoms. The predicted molar refractivity (Wildman–Crippen MR) is 178 cm³/mol. The normalized spacial score (nSPS) is 22.7. The van der Waals surface area contributed by atoms with Gasteiger partial charge in [0.25, 0.3) is 0 Å². The molecule has 5 aliphatic rings. The Balaban J connectivity index is 0.000000239. The fourth-order valence-electron chi connectivity index (χ4n) is 6.78. The molecule has 6 rings (SSSR count). The Kier molecular flexibility index (Phi) is 22.3. The fraction of sp³-hybridized carbons (Fsp3) is 0.541. The van der Waals surface area contributed by atoms with Gasteiger partial charge in [-0.3, -0.25) is 4.99 Å². The molecule has 10 radical (unpaired) electrons. The largest absolute Gasteiger partial charge is 2.00 e. The zero-order chi connectivity index (χ0) is 29.1. The Morgan fingerprint density at radius 1 is 0.690 bits per heavy atom. The van der Waals surface area contributed by atoms with E-state index in [1.54, 1.807) is 77.0 Å². The van der Waals surface area contributed by atoms with E-state index in [1.807, 2.05) is 70.4 Å². The summed E-state index contributed by atoms with van der Waals surface area (Å²) in [6.45, 7) is 4.08. The first kappa shape index (κ1) is 39.0. The summed E-state index contributed by atoms with van der Waals surface area (Å²) in [6, 6.07) is 8.20. The number of rotatable bonds is 5. The van der Waals surface area contributed by atoms with Crippen LogP contribution in [0, 0.1) is 70.6 Å². The van der Waals surface area contributed by atoms with Gasteiger partial charge in [0.2, 0.25) is 0 Å². The van der Waals surface area contributed by atoms with Gasteiger partial charge in [-0.15, -0.1) is 0 Å². The Hall–Kier alpha value is 0.792. The molecule has 232 valence electrons. The zero-order valence-electron chi connectivity index (χ0n) is 25.7. The van der Waals surface area contributed by atoms with Crippen molar-refractivity contribution in [2.75, 3.05) is 0 Å². The topological polar surface area (TPSA) is 12.4 Å². The summed E-state index contributed by atoms with van der Waals surface area (Å²) in [5, 5.41) is 0. The van der Waals surface area contributed by atoms with E-state index in [9.17, 15) is 0 Å². The number of hydrogen-bond acceptors (Lipinski definition) is 1. The molecule has 5 saturated carbocycles. The van der Waals surface area contributed by atoms with Crippen molar-refractivity contribution in [2.45, 2.75) is 127 Å². The molecular weight excluding hydrogens is 687 g/mol. The van der Waals surface area contributed by atoms with Crippen molar-refractivity contribution < 1.29 is 35.2 Å². The fourth-order valence-corrected chi connectivity index (χ4v) is 11.5. The van der Waals surface area contributed by atoms with Crippen LogP contribution in [0.3, 0.4) is 0 Å². The maximum atomic E-state index is 4.53. The van der Waals surface area contributed by atoms with E-state index in [0.29, 0.717) is 7.92 Å². The van der Waals surface area contributed by atoms with Gasteiger partial charge in [0.1, 0.15) is 0 Å². The van der Waals surface area contributed by atoms with E-state index >= 15 is 0 Å². The summed E-state index contributed by atoms with van der Waals surface area (Å²) in [7, 11) is 4.87. The third kappa shape index (κ3) is 14.5. The smallest absolute Gasteiger partial charge is 2.00 e. The first-order valence-electron chi connectivity index (χ1n) is 16.0. The molecule has 1 aromatic carbocycles. The zero-order valence-corrected chi connectivity index (χ0v) is 30.0. The number of benzene rings is 1. The summed E-state index contributed by atoms with van der Waals surface area (Å²) in [4.78, 5) is 4.53. The number of aliphatic imine (C=N–C) groups is 1. The maximum Gasteiger partial charge on any atom is 2.00 e. The quantitative estimate of drug-likeness (QED) is 0.123. The molecule has 0 saturated heterocycles. The standard InChI is InChI=1S/C18H33P.C14H13N.C5H5.ClH.Fe.Pd/c1-4-10-16(11-5-1)19(17-12-6-2-7-13-17)18-14-8-3-9-15-18;1-11-7-9-14(10-8-11)15-12(2)13-5-3-4-6-13;1-2-4-5-3-1;;;/h16-18H,1-15H2;3-5,7-10H,1-2H3;1-5H;1H;;/q;-1;;;2*+2/p-1. The van der Waals surface area contributed by atoms with Crippen LogP contribution in [0.4, 0.5) is 5.69 Å². The minimum atomic E-state index is 0. The number of halogens is 1. The van der Waals surface area contributed by atoms with Gasteiger partial charge in [-0.1, -0.05) is 96.2 Å². The van der Waals surface area contributed by atoms with Crippen LogP contribution >= 0.6 is 17.5 Å². The number of aryl methyl sites for hydroxylation is 1. The molecule has 0 spiro atoms. The summed E-state index contributed by atoms with van der Waals surface area (Å²) >= 11 is 2.22. The average molecular weight is 739 g/mol. The SMILES string of the molecule is C1CCC(P(C2CCCCC2)C2CCCCC2)CC1.CC(=Nc1ccc(C)cc1)[C]1[C-][CH][CH][CH]1.[CH]1[CH][CH][CH][CH]1.[Cl][Pd+].[Fe+2]. The maximum absolute atomic E-state index is 4.53. The minimum absolute atomic E-state index is 0. The number of nitrogens with zero attached hydrogens (tertiary/aromatic N) is 1. The van der Waals surface area contributed by atoms with Gasteiger partial charge in [-0.05, 0) is 119 Å². The van der Waals surface area contributed by atoms with Crippen LogP contribution in [0.5, 0.6) is 0 Å². The van der Waals surface area contributed by atoms with Gasteiger partial charge in [0, 0.05) is 0 Å². The molecule has 5 heteroatoms. The molecule has 0 heterocycles. The Morgan fingerprint density at radius 3 is 1.45 bits per heavy atom. The van der Waals surface area contributed by atoms with E-state index in [2.05, 4.69) is 58.2 Å². The second kappa shape index (κ2) is 24.0. The van der Waals surface area contributed by atoms with Gasteiger partial charge in [0.05, 0.1) is 5.69 Å². The summed E-state index contributed by atoms with van der Waals surface area (Å²) in [6.07, 6.45) is 42.7. The van der Waals surface area contributed by atoms with Gasteiger partial charge < -0.3 is 6.42 Å². The van der Waals surface area contributed by atoms with Crippen LogP contribution in [0.2, 0.25) is 0 Å². The van der Waals surface area contributed by atoms with E-state index < -0.39 is 0 Å². The van der Waals surface area contributed by atoms with Crippen LogP contribution in [0.15, 0.2) is 29.3 Å². The van der Waals surface area contributed by atoms with Crippen LogP contribution in [0.25, 0.3) is 0 Å². The molecule has 0 amide bonds. The predicted octanol–water partition coefficient (Wildman–Crippen LogP) is 11.5. The van der Waals surface area contributed by atoms with Gasteiger partial charge in [-0.25, -0.2) is 6.42 Å². The van der Waals surface area contributed by atoms with E-state index in [0.717, 1.165) is 17.3 Å². The van der Waals surface area contributed by atoms with Crippen LogP contribution in [-0.2, 0) is 35.2 Å². The molecule has 5 fully saturated rings. The second-order valence-electron chi connectivity index (χ2n) is 11.9. The molecule has 0 aliphatic heterocycles. The Bertz CT molecular complexity index is 755. The molecule has 0 N–H and O–H groups in total.